The van der Waals surface area contributed by atoms with Crippen molar-refractivity contribution in [1.29, 1.82) is 0 Å². The summed E-state index contributed by atoms with van der Waals surface area (Å²) in [5.41, 5.74) is 6.98. The number of anilines is 2. The summed E-state index contributed by atoms with van der Waals surface area (Å²) in [4.78, 5) is 16.1. The van der Waals surface area contributed by atoms with Crippen molar-refractivity contribution in [3.8, 4) is 0 Å². The van der Waals surface area contributed by atoms with Gasteiger partial charge in [0.05, 0.1) is 5.25 Å². The molecule has 6 nitrogen and oxygen atoms in total. The monoisotopic (exact) mass is 277 g/mol. The average molecular weight is 277 g/mol. The van der Waals surface area contributed by atoms with Gasteiger partial charge in [0.1, 0.15) is 6.33 Å². The number of aromatic nitrogens is 3. The lowest BCUT2D eigenvalue weighted by Gasteiger charge is -2.11. The third-order valence-corrected chi connectivity index (χ3v) is 3.65. The highest BCUT2D eigenvalue weighted by molar-refractivity contribution is 8.00. The predicted molar refractivity (Wildman–Crippen MR) is 75.8 cm³/mol. The summed E-state index contributed by atoms with van der Waals surface area (Å²) < 4.78 is 1.64. The minimum absolute atomic E-state index is 0.0854. The van der Waals surface area contributed by atoms with Gasteiger partial charge in [-0.05, 0) is 31.2 Å². The summed E-state index contributed by atoms with van der Waals surface area (Å²) in [5, 5.41) is 7.23. The van der Waals surface area contributed by atoms with E-state index in [1.807, 2.05) is 6.92 Å². The molecule has 1 amide bonds. The number of nitrogens with zero attached hydrogens (tertiary/aromatic N) is 3. The first-order chi connectivity index (χ1) is 9.06. The van der Waals surface area contributed by atoms with Crippen LogP contribution < -0.4 is 11.1 Å². The van der Waals surface area contributed by atoms with E-state index in [0.29, 0.717) is 10.8 Å². The van der Waals surface area contributed by atoms with Crippen molar-refractivity contribution >= 4 is 29.0 Å². The van der Waals surface area contributed by atoms with Gasteiger partial charge in [0.2, 0.25) is 5.91 Å². The zero-order valence-corrected chi connectivity index (χ0v) is 11.5. The highest BCUT2D eigenvalue weighted by Crippen LogP contribution is 2.21. The highest BCUT2D eigenvalue weighted by atomic mass is 32.2. The number of rotatable bonds is 4. The minimum atomic E-state index is -0.263. The topological polar surface area (TPSA) is 85.8 Å². The van der Waals surface area contributed by atoms with Crippen LogP contribution in [-0.2, 0) is 11.8 Å². The number of nitrogen functional groups attached to an aromatic ring is 1. The Balaban J connectivity index is 1.96. The van der Waals surface area contributed by atoms with Crippen LogP contribution in [0.15, 0.2) is 35.7 Å². The molecule has 1 aromatic carbocycles. The van der Waals surface area contributed by atoms with E-state index in [1.54, 1.807) is 36.0 Å². The maximum Gasteiger partial charge on any atom is 0.237 e. The van der Waals surface area contributed by atoms with Crippen LogP contribution in [0.4, 0.5) is 11.4 Å². The van der Waals surface area contributed by atoms with Crippen molar-refractivity contribution in [3.05, 3.63) is 30.6 Å². The van der Waals surface area contributed by atoms with Gasteiger partial charge in [-0.1, -0.05) is 11.8 Å². The first-order valence-corrected chi connectivity index (χ1v) is 6.61. The van der Waals surface area contributed by atoms with E-state index in [4.69, 9.17) is 5.73 Å². The summed E-state index contributed by atoms with van der Waals surface area (Å²) in [6, 6.07) is 7.03. The standard InChI is InChI=1S/C12H15N5OS/c1-8(19-12-14-7-15-17(12)2)11(18)16-10-5-3-9(13)4-6-10/h3-8H,13H2,1-2H3,(H,16,18). The van der Waals surface area contributed by atoms with Gasteiger partial charge in [0, 0.05) is 18.4 Å². The van der Waals surface area contributed by atoms with Gasteiger partial charge in [0.25, 0.3) is 0 Å². The molecule has 0 aliphatic rings. The lowest BCUT2D eigenvalue weighted by molar-refractivity contribution is -0.115. The van der Waals surface area contributed by atoms with E-state index in [1.165, 1.54) is 18.1 Å². The van der Waals surface area contributed by atoms with E-state index >= 15 is 0 Å². The second kappa shape index (κ2) is 5.75. The van der Waals surface area contributed by atoms with Gasteiger partial charge in [-0.2, -0.15) is 5.10 Å². The summed E-state index contributed by atoms with van der Waals surface area (Å²) >= 11 is 1.36. The molecule has 100 valence electrons. The van der Waals surface area contributed by atoms with E-state index in [0.717, 1.165) is 5.69 Å². The first-order valence-electron chi connectivity index (χ1n) is 5.73. The normalized spacial score (nSPS) is 12.1. The molecule has 19 heavy (non-hydrogen) atoms. The second-order valence-corrected chi connectivity index (χ2v) is 5.35. The average Bonchev–Trinajstić information content (AvgIpc) is 2.78. The number of hydrogen-bond acceptors (Lipinski definition) is 5. The Hall–Kier alpha value is -2.02. The molecule has 7 heteroatoms. The molecule has 0 spiro atoms. The number of amides is 1. The third kappa shape index (κ3) is 3.47. The molecule has 1 heterocycles. The largest absolute Gasteiger partial charge is 0.399 e. The van der Waals surface area contributed by atoms with E-state index in [-0.39, 0.29) is 11.2 Å². The van der Waals surface area contributed by atoms with Crippen LogP contribution in [0.2, 0.25) is 0 Å². The van der Waals surface area contributed by atoms with Crippen LogP contribution in [0.5, 0.6) is 0 Å². The number of hydrogen-bond donors (Lipinski definition) is 2. The Morgan fingerprint density at radius 2 is 2.11 bits per heavy atom. The van der Waals surface area contributed by atoms with Crippen molar-refractivity contribution in [3.63, 3.8) is 0 Å². The fourth-order valence-corrected chi connectivity index (χ4v) is 2.20. The van der Waals surface area contributed by atoms with Gasteiger partial charge in [-0.25, -0.2) is 9.67 Å². The maximum atomic E-state index is 12.0. The van der Waals surface area contributed by atoms with Gasteiger partial charge in [0.15, 0.2) is 5.16 Å². The number of benzene rings is 1. The molecule has 0 saturated carbocycles. The zero-order chi connectivity index (χ0) is 13.8. The number of carbonyl (C=O) groups excluding carboxylic acids is 1. The van der Waals surface area contributed by atoms with Crippen LogP contribution in [0.25, 0.3) is 0 Å². The van der Waals surface area contributed by atoms with Gasteiger partial charge < -0.3 is 11.1 Å². The molecule has 0 saturated heterocycles. The maximum absolute atomic E-state index is 12.0. The van der Waals surface area contributed by atoms with Gasteiger partial charge >= 0.3 is 0 Å². The van der Waals surface area contributed by atoms with Gasteiger partial charge in [-0.3, -0.25) is 4.79 Å². The Morgan fingerprint density at radius 3 is 2.68 bits per heavy atom. The molecular formula is C12H15N5OS. The fourth-order valence-electron chi connectivity index (χ4n) is 1.41. The molecule has 0 radical (unpaired) electrons. The highest BCUT2D eigenvalue weighted by Gasteiger charge is 2.17. The molecule has 1 aromatic heterocycles. The van der Waals surface area contributed by atoms with Crippen LogP contribution in [-0.4, -0.2) is 25.9 Å². The van der Waals surface area contributed by atoms with Crippen molar-refractivity contribution in [2.45, 2.75) is 17.3 Å². The Labute approximate surface area is 115 Å². The van der Waals surface area contributed by atoms with E-state index in [9.17, 15) is 4.79 Å². The summed E-state index contributed by atoms with van der Waals surface area (Å²) in [6.07, 6.45) is 1.47. The molecule has 0 aliphatic carbocycles. The smallest absolute Gasteiger partial charge is 0.237 e. The molecule has 0 bridgehead atoms. The minimum Gasteiger partial charge on any atom is -0.399 e. The number of thioether (sulfide) groups is 1. The molecule has 0 fully saturated rings. The van der Waals surface area contributed by atoms with Crippen LogP contribution in [0.1, 0.15) is 6.92 Å². The number of nitrogens with two attached hydrogens (primary N) is 1. The van der Waals surface area contributed by atoms with Crippen LogP contribution >= 0.6 is 11.8 Å². The number of carbonyl (C=O) groups is 1. The molecule has 2 rings (SSSR count). The van der Waals surface area contributed by atoms with Crippen LogP contribution in [0, 0.1) is 0 Å². The van der Waals surface area contributed by atoms with Crippen molar-refractivity contribution in [2.75, 3.05) is 11.1 Å². The Morgan fingerprint density at radius 1 is 1.42 bits per heavy atom. The molecule has 0 aliphatic heterocycles. The SMILES string of the molecule is CC(Sc1ncnn1C)C(=O)Nc1ccc(N)cc1. The summed E-state index contributed by atoms with van der Waals surface area (Å²) in [5.74, 6) is -0.0854. The van der Waals surface area contributed by atoms with E-state index in [2.05, 4.69) is 15.4 Å². The van der Waals surface area contributed by atoms with E-state index < -0.39 is 0 Å². The molecule has 1 unspecified atom stereocenters. The van der Waals surface area contributed by atoms with Gasteiger partial charge in [-0.15, -0.1) is 0 Å². The fraction of sp³-hybridized carbons (Fsp3) is 0.250. The van der Waals surface area contributed by atoms with Crippen LogP contribution in [0.3, 0.4) is 0 Å². The quantitative estimate of drug-likeness (QED) is 0.653. The lowest BCUT2D eigenvalue weighted by Crippen LogP contribution is -2.22. The molecule has 1 atom stereocenters. The second-order valence-electron chi connectivity index (χ2n) is 4.04. The van der Waals surface area contributed by atoms with Crippen molar-refractivity contribution in [1.82, 2.24) is 14.8 Å². The number of aryl methyl sites for hydroxylation is 1. The van der Waals surface area contributed by atoms with Crippen molar-refractivity contribution < 1.29 is 4.79 Å². The zero-order valence-electron chi connectivity index (χ0n) is 10.7. The first kappa shape index (κ1) is 13.4. The third-order valence-electron chi connectivity index (χ3n) is 2.50. The lowest BCUT2D eigenvalue weighted by atomic mass is 10.3. The Bertz CT molecular complexity index is 566. The van der Waals surface area contributed by atoms with Crippen molar-refractivity contribution in [2.24, 2.45) is 7.05 Å². The molecular weight excluding hydrogens is 262 g/mol. The Kier molecular flexibility index (Phi) is 4.06. The molecule has 2 aromatic rings. The summed E-state index contributed by atoms with van der Waals surface area (Å²) in [6.45, 7) is 1.83. The number of nitrogens with one attached hydrogen (secondary N) is 1. The summed E-state index contributed by atoms with van der Waals surface area (Å²) in [7, 11) is 1.79. The molecule has 3 N–H and O–H groups in total. The predicted octanol–water partition coefficient (Wildman–Crippen LogP) is 1.52.